The number of hydrogen-bond donors (Lipinski definition) is 1. The van der Waals surface area contributed by atoms with Gasteiger partial charge >= 0.3 is 0 Å². The molecule has 1 aromatic rings. The maximum absolute atomic E-state index is 12.5. The molecule has 2 rings (SSSR count). The Balaban J connectivity index is 2.05. The summed E-state index contributed by atoms with van der Waals surface area (Å²) in [6, 6.07) is 5.88. The summed E-state index contributed by atoms with van der Waals surface area (Å²) in [6.45, 7) is 6.64. The summed E-state index contributed by atoms with van der Waals surface area (Å²) >= 11 is 0. The van der Waals surface area contributed by atoms with Crippen LogP contribution in [-0.4, -0.2) is 37.5 Å². The van der Waals surface area contributed by atoms with Crippen molar-refractivity contribution in [2.45, 2.75) is 40.0 Å². The highest BCUT2D eigenvalue weighted by Gasteiger charge is 2.31. The van der Waals surface area contributed by atoms with Crippen molar-refractivity contribution in [2.75, 3.05) is 24.2 Å². The van der Waals surface area contributed by atoms with E-state index in [1.54, 1.807) is 0 Å². The first-order valence-electron chi connectivity index (χ1n) is 8.19. The highest BCUT2D eigenvalue weighted by Crippen LogP contribution is 2.23. The minimum Gasteiger partial charge on any atom is -0.326 e. The molecule has 0 unspecified atom stereocenters. The van der Waals surface area contributed by atoms with Gasteiger partial charge in [-0.1, -0.05) is 24.6 Å². The summed E-state index contributed by atoms with van der Waals surface area (Å²) in [5.74, 6) is -0.220. The molecule has 6 heteroatoms. The standard InChI is InChI=1S/C17H26N2O3S/c1-4-10-23(21,22)19-9-5-6-15(12-19)17(20)18-16-8-7-13(2)11-14(16)3/h7-8,11,15H,4-6,9-10,12H2,1-3H3,(H,18,20)/t15-/m0/s1. The summed E-state index contributed by atoms with van der Waals surface area (Å²) in [6.07, 6.45) is 2.06. The van der Waals surface area contributed by atoms with Crippen LogP contribution in [0.2, 0.25) is 0 Å². The molecule has 1 N–H and O–H groups in total. The predicted octanol–water partition coefficient (Wildman–Crippen LogP) is 2.69. The number of hydrogen-bond acceptors (Lipinski definition) is 3. The SMILES string of the molecule is CCCS(=O)(=O)N1CCC[C@H](C(=O)Nc2ccc(C)cc2C)C1. The second-order valence-electron chi connectivity index (χ2n) is 6.32. The van der Waals surface area contributed by atoms with Crippen LogP contribution in [-0.2, 0) is 14.8 Å². The van der Waals surface area contributed by atoms with E-state index >= 15 is 0 Å². The summed E-state index contributed by atoms with van der Waals surface area (Å²) in [7, 11) is -3.23. The van der Waals surface area contributed by atoms with E-state index in [9.17, 15) is 13.2 Å². The van der Waals surface area contributed by atoms with E-state index in [1.807, 2.05) is 39.0 Å². The first-order valence-corrected chi connectivity index (χ1v) is 9.80. The Kier molecular flexibility index (Phi) is 5.81. The van der Waals surface area contributed by atoms with Crippen LogP contribution < -0.4 is 5.32 Å². The molecule has 5 nitrogen and oxygen atoms in total. The summed E-state index contributed by atoms with van der Waals surface area (Å²) < 4.78 is 25.9. The molecule has 1 heterocycles. The van der Waals surface area contributed by atoms with E-state index in [-0.39, 0.29) is 17.6 Å². The fourth-order valence-electron chi connectivity index (χ4n) is 2.98. The molecular formula is C17H26N2O3S. The second kappa shape index (κ2) is 7.45. The second-order valence-corrected chi connectivity index (χ2v) is 8.41. The summed E-state index contributed by atoms with van der Waals surface area (Å²) in [5.41, 5.74) is 2.97. The largest absolute Gasteiger partial charge is 0.326 e. The molecule has 1 aliphatic rings. The van der Waals surface area contributed by atoms with Crippen molar-refractivity contribution in [1.29, 1.82) is 0 Å². The van der Waals surface area contributed by atoms with E-state index in [2.05, 4.69) is 5.32 Å². The molecule has 1 amide bonds. The third kappa shape index (κ3) is 4.54. The van der Waals surface area contributed by atoms with Gasteiger partial charge in [0.05, 0.1) is 11.7 Å². The molecule has 23 heavy (non-hydrogen) atoms. The van der Waals surface area contributed by atoms with Gasteiger partial charge in [0.15, 0.2) is 0 Å². The van der Waals surface area contributed by atoms with E-state index in [1.165, 1.54) is 4.31 Å². The number of sulfonamides is 1. The average molecular weight is 338 g/mol. The molecule has 1 atom stereocenters. The maximum atomic E-state index is 12.5. The van der Waals surface area contributed by atoms with Gasteiger partial charge in [0.25, 0.3) is 0 Å². The third-order valence-electron chi connectivity index (χ3n) is 4.25. The molecule has 0 aromatic heterocycles. The van der Waals surface area contributed by atoms with Gasteiger partial charge in [-0.05, 0) is 44.7 Å². The van der Waals surface area contributed by atoms with Crippen molar-refractivity contribution < 1.29 is 13.2 Å². The summed E-state index contributed by atoms with van der Waals surface area (Å²) in [5, 5.41) is 2.95. The number of carbonyl (C=O) groups excluding carboxylic acids is 1. The lowest BCUT2D eigenvalue weighted by Gasteiger charge is -2.31. The number of aryl methyl sites for hydroxylation is 2. The van der Waals surface area contributed by atoms with E-state index in [0.717, 1.165) is 29.7 Å². The van der Waals surface area contributed by atoms with Crippen LogP contribution in [0, 0.1) is 19.8 Å². The van der Waals surface area contributed by atoms with Gasteiger partial charge in [-0.3, -0.25) is 4.79 Å². The number of piperidine rings is 1. The summed E-state index contributed by atoms with van der Waals surface area (Å²) in [4.78, 5) is 12.5. The minimum absolute atomic E-state index is 0.0895. The molecular weight excluding hydrogens is 312 g/mol. The fraction of sp³-hybridized carbons (Fsp3) is 0.588. The predicted molar refractivity (Wildman–Crippen MR) is 92.9 cm³/mol. The van der Waals surface area contributed by atoms with Crippen LogP contribution in [0.5, 0.6) is 0 Å². The molecule has 1 fully saturated rings. The zero-order valence-corrected chi connectivity index (χ0v) is 14.9. The quantitative estimate of drug-likeness (QED) is 0.897. The Morgan fingerprint density at radius 1 is 1.35 bits per heavy atom. The molecule has 0 radical (unpaired) electrons. The smallest absolute Gasteiger partial charge is 0.228 e. The molecule has 0 saturated carbocycles. The lowest BCUT2D eigenvalue weighted by Crippen LogP contribution is -2.44. The van der Waals surface area contributed by atoms with Gasteiger partial charge < -0.3 is 5.32 Å². The Labute approximate surface area is 139 Å². The molecule has 0 bridgehead atoms. The lowest BCUT2D eigenvalue weighted by molar-refractivity contribution is -0.120. The van der Waals surface area contributed by atoms with Crippen LogP contribution in [0.15, 0.2) is 18.2 Å². The first-order chi connectivity index (χ1) is 10.8. The molecule has 1 aliphatic heterocycles. The van der Waals surface area contributed by atoms with Gasteiger partial charge in [-0.25, -0.2) is 12.7 Å². The van der Waals surface area contributed by atoms with Crippen molar-refractivity contribution in [3.63, 3.8) is 0 Å². The number of benzene rings is 1. The van der Waals surface area contributed by atoms with Gasteiger partial charge in [0, 0.05) is 18.8 Å². The van der Waals surface area contributed by atoms with Crippen molar-refractivity contribution >= 4 is 21.6 Å². The first kappa shape index (κ1) is 17.9. The van der Waals surface area contributed by atoms with Crippen molar-refractivity contribution in [3.05, 3.63) is 29.3 Å². The number of amides is 1. The highest BCUT2D eigenvalue weighted by atomic mass is 32.2. The van der Waals surface area contributed by atoms with Gasteiger partial charge in [0.1, 0.15) is 0 Å². The van der Waals surface area contributed by atoms with E-state index < -0.39 is 10.0 Å². The molecule has 1 aromatic carbocycles. The molecule has 0 spiro atoms. The topological polar surface area (TPSA) is 66.5 Å². The molecule has 0 aliphatic carbocycles. The molecule has 1 saturated heterocycles. The van der Waals surface area contributed by atoms with Gasteiger partial charge in [-0.2, -0.15) is 0 Å². The number of nitrogens with zero attached hydrogens (tertiary/aromatic N) is 1. The monoisotopic (exact) mass is 338 g/mol. The zero-order valence-electron chi connectivity index (χ0n) is 14.1. The Morgan fingerprint density at radius 3 is 2.74 bits per heavy atom. The number of carbonyl (C=O) groups is 1. The highest BCUT2D eigenvalue weighted by molar-refractivity contribution is 7.89. The van der Waals surface area contributed by atoms with Crippen molar-refractivity contribution in [2.24, 2.45) is 5.92 Å². The average Bonchev–Trinajstić information content (AvgIpc) is 2.50. The Bertz CT molecular complexity index is 670. The lowest BCUT2D eigenvalue weighted by atomic mass is 9.98. The van der Waals surface area contributed by atoms with Gasteiger partial charge in [0.2, 0.25) is 15.9 Å². The van der Waals surface area contributed by atoms with Crippen LogP contribution in [0.3, 0.4) is 0 Å². The van der Waals surface area contributed by atoms with Crippen molar-refractivity contribution in [3.8, 4) is 0 Å². The van der Waals surface area contributed by atoms with Crippen LogP contribution >= 0.6 is 0 Å². The Morgan fingerprint density at radius 2 is 2.09 bits per heavy atom. The van der Waals surface area contributed by atoms with Crippen molar-refractivity contribution in [1.82, 2.24) is 4.31 Å². The number of rotatable bonds is 5. The number of nitrogens with one attached hydrogen (secondary N) is 1. The van der Waals surface area contributed by atoms with Crippen LogP contribution in [0.4, 0.5) is 5.69 Å². The number of anilines is 1. The van der Waals surface area contributed by atoms with E-state index in [4.69, 9.17) is 0 Å². The Hall–Kier alpha value is -1.40. The minimum atomic E-state index is -3.23. The van der Waals surface area contributed by atoms with Crippen LogP contribution in [0.25, 0.3) is 0 Å². The normalized spacial score (nSPS) is 19.5. The third-order valence-corrected chi connectivity index (χ3v) is 6.29. The maximum Gasteiger partial charge on any atom is 0.228 e. The van der Waals surface area contributed by atoms with Crippen LogP contribution in [0.1, 0.15) is 37.3 Å². The molecule has 128 valence electrons. The zero-order chi connectivity index (χ0) is 17.0. The fourth-order valence-corrected chi connectivity index (χ4v) is 4.57. The van der Waals surface area contributed by atoms with E-state index in [0.29, 0.717) is 19.5 Å². The van der Waals surface area contributed by atoms with Gasteiger partial charge in [-0.15, -0.1) is 0 Å².